The third-order valence-electron chi connectivity index (χ3n) is 7.00. The summed E-state index contributed by atoms with van der Waals surface area (Å²) in [6, 6.07) is 25.2. The van der Waals surface area contributed by atoms with Crippen LogP contribution in [0.15, 0.2) is 119 Å². The Hall–Kier alpha value is -6.14. The molecule has 0 radical (unpaired) electrons. The van der Waals surface area contributed by atoms with Gasteiger partial charge >= 0.3 is 24.1 Å². The van der Waals surface area contributed by atoms with Crippen molar-refractivity contribution in [1.82, 2.24) is 20.1 Å². The first-order chi connectivity index (χ1) is 24.9. The van der Waals surface area contributed by atoms with Gasteiger partial charge in [0.05, 0.1) is 9.79 Å². The number of benzene rings is 4. The smallest absolute Gasteiger partial charge is 0.328 e. The molecule has 8 N–H and O–H groups in total. The van der Waals surface area contributed by atoms with Crippen LogP contribution in [0.3, 0.4) is 0 Å². The minimum Gasteiger partial charge on any atom is -0.337 e. The molecule has 18 heteroatoms. The Morgan fingerprint density at radius 3 is 1.13 bits per heavy atom. The van der Waals surface area contributed by atoms with Crippen molar-refractivity contribution >= 4 is 66.9 Å². The van der Waals surface area contributed by atoms with Crippen molar-refractivity contribution in [2.24, 2.45) is 0 Å². The summed E-state index contributed by atoms with van der Waals surface area (Å²) in [4.78, 5) is 48.5. The van der Waals surface area contributed by atoms with Gasteiger partial charge in [0, 0.05) is 35.8 Å². The lowest BCUT2D eigenvalue weighted by atomic mass is 10.2. The molecule has 0 saturated carbocycles. The maximum absolute atomic E-state index is 12.7. The highest BCUT2D eigenvalue weighted by molar-refractivity contribution is 7.90. The highest BCUT2D eigenvalue weighted by Gasteiger charge is 2.19. The van der Waals surface area contributed by atoms with Crippen LogP contribution in [0.5, 0.6) is 0 Å². The first-order valence-corrected chi connectivity index (χ1v) is 18.9. The van der Waals surface area contributed by atoms with Crippen molar-refractivity contribution in [2.45, 2.75) is 35.5 Å². The van der Waals surface area contributed by atoms with Gasteiger partial charge in [0.25, 0.3) is 20.0 Å². The van der Waals surface area contributed by atoms with Crippen molar-refractivity contribution in [3.63, 3.8) is 0 Å². The Labute approximate surface area is 301 Å². The number of carbonyl (C=O) groups is 4. The highest BCUT2D eigenvalue weighted by atomic mass is 32.2. The van der Waals surface area contributed by atoms with Crippen LogP contribution in [-0.4, -0.2) is 54.0 Å². The van der Waals surface area contributed by atoms with Crippen LogP contribution in [-0.2, 0) is 20.0 Å². The van der Waals surface area contributed by atoms with Gasteiger partial charge in [0.1, 0.15) is 0 Å². The molecule has 0 unspecified atom stereocenters. The molecule has 0 spiro atoms. The molecule has 4 aromatic rings. The van der Waals surface area contributed by atoms with E-state index in [1.165, 1.54) is 48.5 Å². The van der Waals surface area contributed by atoms with Crippen LogP contribution in [0.25, 0.3) is 0 Å². The number of urea groups is 4. The number of para-hydroxylation sites is 2. The molecular weight excluding hydrogens is 713 g/mol. The zero-order chi connectivity index (χ0) is 37.4. The van der Waals surface area contributed by atoms with Crippen LogP contribution in [0.4, 0.5) is 41.9 Å². The number of carbonyl (C=O) groups excluding carboxylic acids is 4. The second-order valence-corrected chi connectivity index (χ2v) is 14.4. The summed E-state index contributed by atoms with van der Waals surface area (Å²) in [5.74, 6) is 0. The van der Waals surface area contributed by atoms with Gasteiger partial charge in [-0.15, -0.1) is 0 Å². The van der Waals surface area contributed by atoms with Crippen molar-refractivity contribution in [2.75, 3.05) is 34.4 Å². The molecule has 0 aliphatic heterocycles. The number of hydrogen-bond acceptors (Lipinski definition) is 8. The van der Waals surface area contributed by atoms with Crippen molar-refractivity contribution in [1.29, 1.82) is 0 Å². The predicted octanol–water partition coefficient (Wildman–Crippen LogP) is 5.21. The third-order valence-corrected chi connectivity index (χ3v) is 9.65. The molecule has 16 nitrogen and oxygen atoms in total. The van der Waals surface area contributed by atoms with Gasteiger partial charge in [0.15, 0.2) is 0 Å². The zero-order valence-corrected chi connectivity index (χ0v) is 29.4. The summed E-state index contributed by atoms with van der Waals surface area (Å²) < 4.78 is 54.7. The monoisotopic (exact) mass is 750 g/mol. The first kappa shape index (κ1) is 38.7. The van der Waals surface area contributed by atoms with Gasteiger partial charge in [-0.25, -0.2) is 45.5 Å². The lowest BCUT2D eigenvalue weighted by Gasteiger charge is -2.11. The predicted molar refractivity (Wildman–Crippen MR) is 197 cm³/mol. The normalized spacial score (nSPS) is 11.0. The van der Waals surface area contributed by atoms with E-state index in [1.54, 1.807) is 60.7 Å². The molecule has 0 aliphatic rings. The number of rotatable bonds is 15. The molecule has 0 bridgehead atoms. The lowest BCUT2D eigenvalue weighted by molar-refractivity contribution is 0.244. The number of sulfonamides is 2. The summed E-state index contributed by atoms with van der Waals surface area (Å²) in [5, 5.41) is 15.3. The quantitative estimate of drug-likeness (QED) is 0.0750. The molecule has 4 aromatic carbocycles. The average Bonchev–Trinajstić information content (AvgIpc) is 3.10. The number of anilines is 4. The molecule has 8 amide bonds. The van der Waals surface area contributed by atoms with E-state index in [4.69, 9.17) is 0 Å². The molecule has 0 atom stereocenters. The van der Waals surface area contributed by atoms with Gasteiger partial charge in [0.2, 0.25) is 0 Å². The molecule has 52 heavy (non-hydrogen) atoms. The summed E-state index contributed by atoms with van der Waals surface area (Å²) >= 11 is 0. The highest BCUT2D eigenvalue weighted by Crippen LogP contribution is 2.18. The van der Waals surface area contributed by atoms with E-state index in [0.29, 0.717) is 37.1 Å². The lowest BCUT2D eigenvalue weighted by Crippen LogP contribution is -2.40. The van der Waals surface area contributed by atoms with E-state index in [1.807, 2.05) is 9.44 Å². The van der Waals surface area contributed by atoms with Gasteiger partial charge < -0.3 is 31.9 Å². The van der Waals surface area contributed by atoms with Gasteiger partial charge in [-0.05, 0) is 73.5 Å². The number of amides is 8. The van der Waals surface area contributed by atoms with E-state index in [9.17, 15) is 36.0 Å². The first-order valence-electron chi connectivity index (χ1n) is 16.0. The summed E-state index contributed by atoms with van der Waals surface area (Å²) in [5.41, 5.74) is 1.51. The molecule has 274 valence electrons. The Bertz CT molecular complexity index is 1920. The molecule has 4 rings (SSSR count). The molecule has 0 saturated heterocycles. The van der Waals surface area contributed by atoms with Gasteiger partial charge in [-0.3, -0.25) is 0 Å². The largest absolute Gasteiger partial charge is 0.337 e. The second kappa shape index (κ2) is 18.7. The van der Waals surface area contributed by atoms with Gasteiger partial charge in [-0.2, -0.15) is 0 Å². The fourth-order valence-electron chi connectivity index (χ4n) is 4.55. The fourth-order valence-corrected chi connectivity index (χ4v) is 6.50. The van der Waals surface area contributed by atoms with E-state index in [0.717, 1.165) is 0 Å². The summed E-state index contributed by atoms with van der Waals surface area (Å²) in [7, 11) is -8.46. The Morgan fingerprint density at radius 2 is 0.750 bits per heavy atom. The van der Waals surface area contributed by atoms with E-state index >= 15 is 0 Å². The van der Waals surface area contributed by atoms with Crippen LogP contribution >= 0.6 is 0 Å². The minimum absolute atomic E-state index is 0.177. The Kier molecular flexibility index (Phi) is 13.9. The van der Waals surface area contributed by atoms with Crippen LogP contribution < -0.4 is 41.3 Å². The number of unbranched alkanes of at least 4 members (excludes halogenated alkanes) is 3. The van der Waals surface area contributed by atoms with Crippen molar-refractivity contribution < 1.29 is 36.0 Å². The van der Waals surface area contributed by atoms with Crippen LogP contribution in [0, 0.1) is 0 Å². The SMILES string of the molecule is O=C(Nc1ccccc1)Nc1cccc(S(=O)(=O)NC(=O)NCCCCCCNC(=O)NS(=O)(=O)c2cccc(NC(=O)Nc3ccccc3)c2)c1. The van der Waals surface area contributed by atoms with Gasteiger partial charge in [-0.1, -0.05) is 61.4 Å². The van der Waals surface area contributed by atoms with Crippen molar-refractivity contribution in [3.8, 4) is 0 Å². The Balaban J connectivity index is 1.10. The van der Waals surface area contributed by atoms with Crippen molar-refractivity contribution in [3.05, 3.63) is 109 Å². The second-order valence-electron chi connectivity index (χ2n) is 11.1. The molecule has 0 aliphatic carbocycles. The zero-order valence-electron chi connectivity index (χ0n) is 27.7. The molecule has 0 heterocycles. The van der Waals surface area contributed by atoms with E-state index < -0.39 is 44.2 Å². The van der Waals surface area contributed by atoms with Crippen LogP contribution in [0.2, 0.25) is 0 Å². The molecule has 0 aromatic heterocycles. The minimum atomic E-state index is -4.23. The fraction of sp³-hybridized carbons (Fsp3) is 0.176. The maximum atomic E-state index is 12.7. The summed E-state index contributed by atoms with van der Waals surface area (Å²) in [6.45, 7) is 0.354. The molecule has 0 fully saturated rings. The van der Waals surface area contributed by atoms with Crippen LogP contribution in [0.1, 0.15) is 25.7 Å². The third kappa shape index (κ3) is 13.0. The maximum Gasteiger partial charge on any atom is 0.328 e. The average molecular weight is 751 g/mol. The topological polar surface area (TPSA) is 233 Å². The Morgan fingerprint density at radius 1 is 0.404 bits per heavy atom. The standard InChI is InChI=1S/C34H38N8O8S2/c43-31(41-51(47,48)29-19-11-17-27(23-29)39-33(45)37-25-13-5-3-6-14-25)35-21-9-1-2-10-22-36-32(44)42-52(49,50)30-20-12-18-28(24-30)40-34(46)38-26-15-7-4-8-16-26/h3-8,11-20,23-24H,1-2,9-10,21-22H2,(H2,35,41,43)(H2,36,42,44)(H2,37,39,45)(H2,38,40,46). The molecular formula is C34H38N8O8S2. The number of hydrogen-bond donors (Lipinski definition) is 8. The number of nitrogens with one attached hydrogen (secondary N) is 8. The summed E-state index contributed by atoms with van der Waals surface area (Å²) in [6.07, 6.45) is 2.28. The van der Waals surface area contributed by atoms with E-state index in [2.05, 4.69) is 31.9 Å². The van der Waals surface area contributed by atoms with E-state index in [-0.39, 0.29) is 34.3 Å².